The third kappa shape index (κ3) is 5.41. The summed E-state index contributed by atoms with van der Waals surface area (Å²) in [7, 11) is 0. The highest BCUT2D eigenvalue weighted by Crippen LogP contribution is 2.33. The van der Waals surface area contributed by atoms with Crippen LogP contribution in [0.2, 0.25) is 0 Å². The van der Waals surface area contributed by atoms with Gasteiger partial charge in [0.2, 0.25) is 0 Å². The van der Waals surface area contributed by atoms with Crippen LogP contribution in [0.25, 0.3) is 0 Å². The lowest BCUT2D eigenvalue weighted by Crippen LogP contribution is -2.58. The van der Waals surface area contributed by atoms with Crippen molar-refractivity contribution in [3.8, 4) is 11.5 Å². The molecule has 1 aromatic rings. The summed E-state index contributed by atoms with van der Waals surface area (Å²) in [5.74, 6) is -5.39. The average Bonchev–Trinajstić information content (AvgIpc) is 2.69. The van der Waals surface area contributed by atoms with E-state index in [1.165, 1.54) is 4.90 Å². The van der Waals surface area contributed by atoms with Crippen LogP contribution in [0, 0.1) is 5.82 Å². The summed E-state index contributed by atoms with van der Waals surface area (Å²) >= 11 is 0. The minimum atomic E-state index is -1.60. The number of hydrogen-bond donors (Lipinski definition) is 1. The molecule has 0 aromatic heterocycles. The predicted molar refractivity (Wildman–Crippen MR) is 100 cm³/mol. The van der Waals surface area contributed by atoms with E-state index >= 15 is 0 Å². The number of nitrogens with zero attached hydrogens (tertiary/aromatic N) is 2. The van der Waals surface area contributed by atoms with Crippen LogP contribution in [-0.2, 0) is 24.0 Å². The number of benzene rings is 1. The Balaban J connectivity index is 2.31. The molecule has 0 bridgehead atoms. The van der Waals surface area contributed by atoms with E-state index in [0.717, 1.165) is 19.9 Å². The maximum atomic E-state index is 14.6. The molecule has 166 valence electrons. The number of hydrogen-bond acceptors (Lipinski definition) is 8. The lowest BCUT2D eigenvalue weighted by atomic mass is 10.1. The molecule has 1 heterocycles. The molecular formula is C19H20FN3O8. The third-order valence-electron chi connectivity index (χ3n) is 4.26. The third-order valence-corrected chi connectivity index (χ3v) is 4.26. The van der Waals surface area contributed by atoms with E-state index in [0.29, 0.717) is 11.0 Å². The molecule has 0 saturated carbocycles. The Labute approximate surface area is 176 Å². The number of nitrogens with one attached hydrogen (secondary N) is 1. The van der Waals surface area contributed by atoms with Crippen LogP contribution in [0.3, 0.4) is 0 Å². The summed E-state index contributed by atoms with van der Waals surface area (Å²) < 4.78 is 24.3. The number of urea groups is 1. The lowest BCUT2D eigenvalue weighted by molar-refractivity contribution is -0.153. The maximum Gasteiger partial charge on any atom is 0.325 e. The molecule has 0 radical (unpaired) electrons. The molecule has 0 spiro atoms. The Morgan fingerprint density at radius 1 is 1.10 bits per heavy atom. The van der Waals surface area contributed by atoms with Crippen LogP contribution >= 0.6 is 0 Å². The van der Waals surface area contributed by atoms with E-state index in [4.69, 9.17) is 9.47 Å². The first-order valence-electron chi connectivity index (χ1n) is 9.15. The summed E-state index contributed by atoms with van der Waals surface area (Å²) in [5, 5.41) is 2.16. The zero-order valence-electron chi connectivity index (χ0n) is 17.0. The molecule has 4 amide bonds. The van der Waals surface area contributed by atoms with Gasteiger partial charge in [0.05, 0.1) is 0 Å². The molecular weight excluding hydrogens is 417 g/mol. The number of imide groups is 1. The van der Waals surface area contributed by atoms with E-state index in [1.54, 1.807) is 6.92 Å². The smallest absolute Gasteiger partial charge is 0.325 e. The van der Waals surface area contributed by atoms with E-state index in [2.05, 4.69) is 5.32 Å². The molecule has 1 unspecified atom stereocenters. The Hall–Kier alpha value is -3.83. The highest BCUT2D eigenvalue weighted by atomic mass is 19.1. The molecule has 1 fully saturated rings. The Morgan fingerprint density at radius 3 is 2.19 bits per heavy atom. The van der Waals surface area contributed by atoms with Gasteiger partial charge in [0.15, 0.2) is 11.5 Å². The first-order valence-corrected chi connectivity index (χ1v) is 9.15. The van der Waals surface area contributed by atoms with Gasteiger partial charge in [-0.1, -0.05) is 0 Å². The van der Waals surface area contributed by atoms with Gasteiger partial charge in [0.25, 0.3) is 0 Å². The van der Waals surface area contributed by atoms with Crippen molar-refractivity contribution in [2.24, 2.45) is 0 Å². The summed E-state index contributed by atoms with van der Waals surface area (Å²) in [6, 6.07) is -1.05. The largest absolute Gasteiger partial charge is 0.423 e. The maximum absolute atomic E-state index is 14.6. The van der Waals surface area contributed by atoms with Gasteiger partial charge in [0.1, 0.15) is 18.1 Å². The van der Waals surface area contributed by atoms with Gasteiger partial charge in [-0.05, 0) is 13.0 Å². The summed E-state index contributed by atoms with van der Waals surface area (Å²) in [4.78, 5) is 72.5. The van der Waals surface area contributed by atoms with Gasteiger partial charge >= 0.3 is 29.8 Å². The Bertz CT molecular complexity index is 948. The number of carbonyl (C=O) groups is 6. The minimum Gasteiger partial charge on any atom is -0.423 e. The van der Waals surface area contributed by atoms with Crippen LogP contribution in [0.4, 0.5) is 9.18 Å². The second-order valence-electron chi connectivity index (χ2n) is 6.41. The summed E-state index contributed by atoms with van der Waals surface area (Å²) in [6.45, 7) is 4.07. The van der Waals surface area contributed by atoms with Gasteiger partial charge in [-0.15, -0.1) is 0 Å². The Morgan fingerprint density at radius 2 is 1.68 bits per heavy atom. The van der Waals surface area contributed by atoms with Gasteiger partial charge in [-0.3, -0.25) is 24.1 Å². The topological polar surface area (TPSA) is 139 Å². The monoisotopic (exact) mass is 437 g/mol. The zero-order chi connectivity index (χ0) is 23.3. The standard InChI is InChI=1S/C19H20FN3O8/c1-4-22-5-6-23(18(28)17(22)27)19(29)21-14(9-24)12-7-15(30-10(2)25)16(8-13(12)20)31-11(3)26/h7-9,14H,4-6H2,1-3H3,(H,21,29). The predicted octanol–water partition coefficient (Wildman–Crippen LogP) is 0.317. The minimum absolute atomic E-state index is 0.109. The summed E-state index contributed by atoms with van der Waals surface area (Å²) in [5.41, 5.74) is -0.415. The number of amides is 4. The number of ether oxygens (including phenoxy) is 2. The molecule has 11 nitrogen and oxygen atoms in total. The fourth-order valence-corrected chi connectivity index (χ4v) is 2.82. The zero-order valence-corrected chi connectivity index (χ0v) is 17.0. The van der Waals surface area contributed by atoms with Crippen molar-refractivity contribution >= 4 is 36.1 Å². The molecule has 0 aliphatic carbocycles. The molecule has 1 atom stereocenters. The summed E-state index contributed by atoms with van der Waals surface area (Å²) in [6.07, 6.45) is 0.188. The highest BCUT2D eigenvalue weighted by Gasteiger charge is 2.36. The first kappa shape index (κ1) is 23.4. The van der Waals surface area contributed by atoms with Crippen LogP contribution in [-0.4, -0.2) is 65.5 Å². The van der Waals surface area contributed by atoms with Crippen LogP contribution < -0.4 is 14.8 Å². The fourth-order valence-electron chi connectivity index (χ4n) is 2.82. The number of carbonyl (C=O) groups excluding carboxylic acids is 6. The van der Waals surface area contributed by atoms with Gasteiger partial charge in [0, 0.05) is 45.1 Å². The van der Waals surface area contributed by atoms with Crippen molar-refractivity contribution in [2.45, 2.75) is 26.8 Å². The number of esters is 2. The lowest BCUT2D eigenvalue weighted by Gasteiger charge is -2.32. The van der Waals surface area contributed by atoms with E-state index in [9.17, 15) is 33.2 Å². The number of aldehydes is 1. The molecule has 1 aliphatic heterocycles. The van der Waals surface area contributed by atoms with E-state index in [-0.39, 0.29) is 31.7 Å². The average molecular weight is 437 g/mol. The molecule has 1 aliphatic rings. The van der Waals surface area contributed by atoms with Crippen molar-refractivity contribution < 1.29 is 42.6 Å². The molecule has 1 saturated heterocycles. The Kier molecular flexibility index (Phi) is 7.40. The molecule has 31 heavy (non-hydrogen) atoms. The second-order valence-corrected chi connectivity index (χ2v) is 6.41. The van der Waals surface area contributed by atoms with Crippen molar-refractivity contribution in [3.63, 3.8) is 0 Å². The number of likely N-dealkylation sites (N-methyl/N-ethyl adjacent to an activating group) is 1. The van der Waals surface area contributed by atoms with Gasteiger partial charge in [-0.25, -0.2) is 9.18 Å². The van der Waals surface area contributed by atoms with Gasteiger partial charge in [-0.2, -0.15) is 0 Å². The number of piperazine rings is 1. The van der Waals surface area contributed by atoms with Crippen molar-refractivity contribution in [2.75, 3.05) is 19.6 Å². The first-order chi connectivity index (χ1) is 14.6. The van der Waals surface area contributed by atoms with Gasteiger partial charge < -0.3 is 24.5 Å². The van der Waals surface area contributed by atoms with Crippen molar-refractivity contribution in [1.29, 1.82) is 0 Å². The highest BCUT2D eigenvalue weighted by molar-refractivity contribution is 6.38. The van der Waals surface area contributed by atoms with Crippen LogP contribution in [0.15, 0.2) is 12.1 Å². The number of rotatable bonds is 6. The SMILES string of the molecule is CCN1CCN(C(=O)NC(C=O)c2cc(OC(C)=O)c(OC(C)=O)cc2F)C(=O)C1=O. The normalized spacial score (nSPS) is 14.7. The van der Waals surface area contributed by atoms with E-state index < -0.39 is 53.0 Å². The number of halogens is 1. The fraction of sp³-hybridized carbons (Fsp3) is 0.368. The molecule has 1 N–H and O–H groups in total. The quantitative estimate of drug-likeness (QED) is 0.290. The van der Waals surface area contributed by atoms with Crippen LogP contribution in [0.1, 0.15) is 32.4 Å². The van der Waals surface area contributed by atoms with E-state index in [1.807, 2.05) is 0 Å². The second kappa shape index (κ2) is 9.78. The van der Waals surface area contributed by atoms with Crippen LogP contribution in [0.5, 0.6) is 11.5 Å². The molecule has 1 aromatic carbocycles. The van der Waals surface area contributed by atoms with Crippen molar-refractivity contribution in [1.82, 2.24) is 15.1 Å². The molecule has 2 rings (SSSR count). The molecule has 12 heteroatoms. The van der Waals surface area contributed by atoms with Crippen molar-refractivity contribution in [3.05, 3.63) is 23.5 Å².